The van der Waals surface area contributed by atoms with Crippen molar-refractivity contribution in [3.05, 3.63) is 24.2 Å². The molecule has 2 aliphatic heterocycles. The lowest BCUT2D eigenvalue weighted by atomic mass is 10.2. The predicted molar refractivity (Wildman–Crippen MR) is 65.0 cm³/mol. The second-order valence-corrected chi connectivity index (χ2v) is 5.72. The first-order valence-corrected chi connectivity index (χ1v) is 6.50. The molecular weight excluding hydrogens is 343 g/mol. The summed E-state index contributed by atoms with van der Waals surface area (Å²) in [5, 5.41) is 4.29. The quantitative estimate of drug-likeness (QED) is 0.549. The molecule has 3 unspecified atom stereocenters. The highest BCUT2D eigenvalue weighted by Crippen LogP contribution is 2.51. The molecular formula is C10H10F2IN3O. The molecule has 0 saturated heterocycles. The van der Waals surface area contributed by atoms with E-state index >= 15 is 0 Å². The number of fused-ring (bicyclic) bond motifs is 1. The van der Waals surface area contributed by atoms with Gasteiger partial charge in [-0.15, -0.1) is 0 Å². The first-order chi connectivity index (χ1) is 7.97. The second-order valence-electron chi connectivity index (χ2n) is 4.38. The highest BCUT2D eigenvalue weighted by atomic mass is 127. The molecule has 92 valence electrons. The summed E-state index contributed by atoms with van der Waals surface area (Å²) in [4.78, 5) is 11.6. The highest BCUT2D eigenvalue weighted by molar-refractivity contribution is 14.1. The van der Waals surface area contributed by atoms with Gasteiger partial charge >= 0.3 is 0 Å². The van der Waals surface area contributed by atoms with Crippen LogP contribution in [-0.4, -0.2) is 26.8 Å². The van der Waals surface area contributed by atoms with Crippen LogP contribution in [0.4, 0.5) is 8.78 Å². The van der Waals surface area contributed by atoms with Gasteiger partial charge in [0, 0.05) is 18.5 Å². The summed E-state index contributed by atoms with van der Waals surface area (Å²) >= 11 is 2.00. The Labute approximate surface area is 110 Å². The largest absolute Gasteiger partial charge is 0.310 e. The number of hydrogen-bond donors (Lipinski definition) is 2. The zero-order valence-electron chi connectivity index (χ0n) is 8.66. The Balaban J connectivity index is 1.78. The van der Waals surface area contributed by atoms with Crippen LogP contribution in [0.5, 0.6) is 0 Å². The molecule has 2 N–H and O–H groups in total. The molecule has 3 rings (SSSR count). The van der Waals surface area contributed by atoms with E-state index in [-0.39, 0.29) is 16.3 Å². The highest BCUT2D eigenvalue weighted by Gasteiger charge is 2.61. The number of hydrazine groups is 1. The normalized spacial score (nSPS) is 38.3. The topological polar surface area (TPSA) is 44.4 Å². The van der Waals surface area contributed by atoms with Gasteiger partial charge in [-0.1, -0.05) is 22.6 Å². The van der Waals surface area contributed by atoms with Gasteiger partial charge in [0.25, 0.3) is 5.92 Å². The Kier molecular flexibility index (Phi) is 2.44. The fraction of sp³-hybridized carbons (Fsp3) is 0.500. The molecule has 2 heterocycles. The summed E-state index contributed by atoms with van der Waals surface area (Å²) in [5.74, 6) is -2.83. The average molecular weight is 353 g/mol. The minimum absolute atomic E-state index is 0.0884. The average Bonchev–Trinajstić information content (AvgIpc) is 2.76. The van der Waals surface area contributed by atoms with E-state index in [1.807, 2.05) is 22.6 Å². The third-order valence-corrected chi connectivity index (χ3v) is 4.08. The summed E-state index contributed by atoms with van der Waals surface area (Å²) in [6.07, 6.45) is 4.98. The number of halogens is 3. The minimum atomic E-state index is -2.57. The van der Waals surface area contributed by atoms with E-state index in [0.29, 0.717) is 5.82 Å². The summed E-state index contributed by atoms with van der Waals surface area (Å²) in [7, 11) is 0. The Morgan fingerprint density at radius 2 is 2.24 bits per heavy atom. The van der Waals surface area contributed by atoms with Gasteiger partial charge in [-0.2, -0.15) is 0 Å². The summed E-state index contributed by atoms with van der Waals surface area (Å²) in [6.45, 7) is 0. The van der Waals surface area contributed by atoms with Gasteiger partial charge in [-0.3, -0.25) is 9.80 Å². The number of carbonyl (C=O) groups excluding carboxylic acids is 1. The van der Waals surface area contributed by atoms with Gasteiger partial charge in [0.05, 0.1) is 6.04 Å². The van der Waals surface area contributed by atoms with Gasteiger partial charge in [0.1, 0.15) is 9.75 Å². The molecule has 1 saturated carbocycles. The number of nitrogens with zero attached hydrogens (tertiary/aromatic N) is 1. The van der Waals surface area contributed by atoms with E-state index < -0.39 is 17.9 Å². The molecule has 0 aromatic heterocycles. The van der Waals surface area contributed by atoms with Crippen molar-refractivity contribution in [3.63, 3.8) is 0 Å². The van der Waals surface area contributed by atoms with Gasteiger partial charge in [-0.25, -0.2) is 14.2 Å². The first kappa shape index (κ1) is 11.4. The van der Waals surface area contributed by atoms with Crippen LogP contribution in [0, 0.1) is 5.92 Å². The lowest BCUT2D eigenvalue weighted by Crippen LogP contribution is -2.38. The maximum atomic E-state index is 13.0. The van der Waals surface area contributed by atoms with Crippen LogP contribution >= 0.6 is 22.6 Å². The fourth-order valence-corrected chi connectivity index (χ4v) is 2.36. The van der Waals surface area contributed by atoms with E-state index in [9.17, 15) is 13.6 Å². The van der Waals surface area contributed by atoms with Crippen LogP contribution in [0.15, 0.2) is 24.2 Å². The van der Waals surface area contributed by atoms with Crippen molar-refractivity contribution >= 4 is 28.5 Å². The van der Waals surface area contributed by atoms with Gasteiger partial charge < -0.3 is 5.32 Å². The van der Waals surface area contributed by atoms with E-state index in [1.54, 1.807) is 23.4 Å². The lowest BCUT2D eigenvalue weighted by molar-refractivity contribution is -0.119. The number of alkyl halides is 3. The molecule has 0 aromatic rings. The monoisotopic (exact) mass is 353 g/mol. The zero-order chi connectivity index (χ0) is 12.2. The minimum Gasteiger partial charge on any atom is -0.310 e. The van der Waals surface area contributed by atoms with Crippen molar-refractivity contribution in [1.82, 2.24) is 15.8 Å². The molecule has 1 aliphatic carbocycles. The van der Waals surface area contributed by atoms with E-state index in [4.69, 9.17) is 0 Å². The van der Waals surface area contributed by atoms with Gasteiger partial charge in [-0.05, 0) is 12.2 Å². The smallest absolute Gasteiger partial charge is 0.253 e. The molecule has 0 bridgehead atoms. The number of rotatable bonds is 1. The molecule has 17 heavy (non-hydrogen) atoms. The molecule has 3 atom stereocenters. The number of carbonyl (C=O) groups is 1. The van der Waals surface area contributed by atoms with Crippen molar-refractivity contribution in [2.45, 2.75) is 22.3 Å². The summed E-state index contributed by atoms with van der Waals surface area (Å²) in [5.41, 5.74) is 2.95. The van der Waals surface area contributed by atoms with E-state index in [2.05, 4.69) is 10.7 Å². The number of nitrogens with one attached hydrogen (secondary N) is 2. The van der Waals surface area contributed by atoms with Crippen LogP contribution in [0.2, 0.25) is 0 Å². The molecule has 4 nitrogen and oxygen atoms in total. The van der Waals surface area contributed by atoms with Crippen molar-refractivity contribution in [1.29, 1.82) is 0 Å². The molecule has 7 heteroatoms. The standard InChI is InChI=1S/C10H10F2IN3O/c11-10(12)4-5(10)7-3-8-14-9(17)6(13)1-2-16(8)15-7/h1-3,5-7,15H,4H2,(H,14,17). The Hall–Kier alpha value is -0.700. The predicted octanol–water partition coefficient (Wildman–Crippen LogP) is 1.12. The van der Waals surface area contributed by atoms with Gasteiger partial charge in [0.2, 0.25) is 5.91 Å². The molecule has 3 aliphatic rings. The Morgan fingerprint density at radius 1 is 1.53 bits per heavy atom. The Morgan fingerprint density at radius 3 is 2.88 bits per heavy atom. The molecule has 1 amide bonds. The zero-order valence-corrected chi connectivity index (χ0v) is 10.8. The maximum Gasteiger partial charge on any atom is 0.253 e. The van der Waals surface area contributed by atoms with Gasteiger partial charge in [0.15, 0.2) is 0 Å². The molecule has 0 spiro atoms. The van der Waals surface area contributed by atoms with Crippen LogP contribution in [0.1, 0.15) is 6.42 Å². The Bertz CT molecular complexity index is 437. The van der Waals surface area contributed by atoms with Crippen molar-refractivity contribution < 1.29 is 13.6 Å². The van der Waals surface area contributed by atoms with Crippen molar-refractivity contribution in [2.24, 2.45) is 5.92 Å². The van der Waals surface area contributed by atoms with Crippen LogP contribution in [0.25, 0.3) is 0 Å². The van der Waals surface area contributed by atoms with Crippen LogP contribution in [-0.2, 0) is 4.79 Å². The maximum absolute atomic E-state index is 13.0. The second kappa shape index (κ2) is 3.64. The SMILES string of the molecule is O=C1NC2=CC(C3CC3(F)F)NN2C=CC1I. The molecule has 0 aromatic carbocycles. The van der Waals surface area contributed by atoms with Crippen LogP contribution < -0.4 is 10.7 Å². The van der Waals surface area contributed by atoms with Crippen molar-refractivity contribution in [3.8, 4) is 0 Å². The van der Waals surface area contributed by atoms with Crippen molar-refractivity contribution in [2.75, 3.05) is 0 Å². The van der Waals surface area contributed by atoms with Crippen LogP contribution in [0.3, 0.4) is 0 Å². The molecule has 0 radical (unpaired) electrons. The summed E-state index contributed by atoms with van der Waals surface area (Å²) < 4.78 is 25.7. The van der Waals surface area contributed by atoms with E-state index in [0.717, 1.165) is 0 Å². The number of amides is 1. The van der Waals surface area contributed by atoms with E-state index in [1.165, 1.54) is 0 Å². The fourth-order valence-electron chi connectivity index (χ4n) is 2.02. The summed E-state index contributed by atoms with van der Waals surface area (Å²) in [6, 6.07) is -0.407. The lowest BCUT2D eigenvalue weighted by Gasteiger charge is -2.18. The number of hydrogen-bond acceptors (Lipinski definition) is 3. The third kappa shape index (κ3) is 1.95. The molecule has 1 fully saturated rings. The first-order valence-electron chi connectivity index (χ1n) is 5.26. The third-order valence-electron chi connectivity index (χ3n) is 3.10.